The highest BCUT2D eigenvalue weighted by Crippen LogP contribution is 2.31. The third kappa shape index (κ3) is 3.55. The van der Waals surface area contributed by atoms with Crippen LogP contribution in [0.15, 0.2) is 53.4 Å². The van der Waals surface area contributed by atoms with E-state index in [9.17, 15) is 8.42 Å². The third-order valence-corrected chi connectivity index (χ3v) is 4.78. The Kier molecular flexibility index (Phi) is 4.29. The summed E-state index contributed by atoms with van der Waals surface area (Å²) in [6.45, 7) is 1.25. The Morgan fingerprint density at radius 1 is 1.00 bits per heavy atom. The maximum absolute atomic E-state index is 11.8. The van der Waals surface area contributed by atoms with Gasteiger partial charge in [-0.05, 0) is 36.0 Å². The predicted molar refractivity (Wildman–Crippen MR) is 85.6 cm³/mol. The molecule has 1 aliphatic rings. The predicted octanol–water partition coefficient (Wildman–Crippen LogP) is 2.93. The molecular weight excluding hydrogens is 298 g/mol. The van der Waals surface area contributed by atoms with Gasteiger partial charge in [0.05, 0.1) is 11.5 Å². The van der Waals surface area contributed by atoms with Gasteiger partial charge in [0.2, 0.25) is 10.0 Å². The van der Waals surface area contributed by atoms with Gasteiger partial charge in [-0.15, -0.1) is 0 Å². The number of benzene rings is 2. The maximum atomic E-state index is 11.8. The normalized spacial score (nSPS) is 15.0. The van der Waals surface area contributed by atoms with Crippen LogP contribution in [0.25, 0.3) is 11.1 Å². The molecule has 0 aliphatic heterocycles. The molecule has 1 aliphatic carbocycles. The third-order valence-electron chi connectivity index (χ3n) is 3.81. The van der Waals surface area contributed by atoms with Crippen molar-refractivity contribution in [1.82, 2.24) is 0 Å². The van der Waals surface area contributed by atoms with Crippen molar-refractivity contribution in [3.63, 3.8) is 0 Å². The molecule has 4 nitrogen and oxygen atoms in total. The van der Waals surface area contributed by atoms with Crippen LogP contribution < -0.4 is 5.14 Å². The van der Waals surface area contributed by atoms with Gasteiger partial charge in [0.25, 0.3) is 0 Å². The number of hydrogen-bond donors (Lipinski definition) is 1. The summed E-state index contributed by atoms with van der Waals surface area (Å²) < 4.78 is 29.3. The van der Waals surface area contributed by atoms with Gasteiger partial charge in [0.15, 0.2) is 0 Å². The molecule has 0 amide bonds. The van der Waals surface area contributed by atoms with Gasteiger partial charge in [0, 0.05) is 12.2 Å². The Bertz CT molecular complexity index is 767. The molecule has 2 N–H and O–H groups in total. The molecule has 0 radical (unpaired) electrons. The van der Waals surface area contributed by atoms with E-state index < -0.39 is 10.0 Å². The fraction of sp³-hybridized carbons (Fsp3) is 0.294. The van der Waals surface area contributed by atoms with Gasteiger partial charge in [-0.2, -0.15) is 0 Å². The molecule has 22 heavy (non-hydrogen) atoms. The second-order valence-corrected chi connectivity index (χ2v) is 7.19. The SMILES string of the molecule is NS(=O)(=O)c1ccccc1-c1ccccc1COCC1CC1. The van der Waals surface area contributed by atoms with Crippen LogP contribution in [-0.4, -0.2) is 15.0 Å². The highest BCUT2D eigenvalue weighted by atomic mass is 32.2. The molecule has 0 aromatic heterocycles. The molecule has 2 aromatic carbocycles. The van der Waals surface area contributed by atoms with Gasteiger partial charge in [0.1, 0.15) is 0 Å². The van der Waals surface area contributed by atoms with Crippen molar-refractivity contribution in [2.75, 3.05) is 6.61 Å². The molecule has 1 fully saturated rings. The van der Waals surface area contributed by atoms with Crippen LogP contribution in [0.5, 0.6) is 0 Å². The molecule has 0 unspecified atom stereocenters. The molecule has 2 aromatic rings. The number of sulfonamides is 1. The summed E-state index contributed by atoms with van der Waals surface area (Å²) in [5, 5.41) is 5.33. The minimum atomic E-state index is -3.76. The van der Waals surface area contributed by atoms with Crippen molar-refractivity contribution >= 4 is 10.0 Å². The smallest absolute Gasteiger partial charge is 0.238 e. The Morgan fingerprint density at radius 2 is 1.64 bits per heavy atom. The molecule has 1 saturated carbocycles. The lowest BCUT2D eigenvalue weighted by Crippen LogP contribution is -2.13. The quantitative estimate of drug-likeness (QED) is 0.890. The van der Waals surface area contributed by atoms with Crippen LogP contribution in [0.1, 0.15) is 18.4 Å². The Balaban J connectivity index is 1.94. The van der Waals surface area contributed by atoms with Crippen LogP contribution in [0, 0.1) is 5.92 Å². The van der Waals surface area contributed by atoms with Crippen molar-refractivity contribution in [3.05, 3.63) is 54.1 Å². The molecule has 0 bridgehead atoms. The largest absolute Gasteiger partial charge is 0.376 e. The molecule has 0 atom stereocenters. The Hall–Kier alpha value is -1.69. The minimum absolute atomic E-state index is 0.143. The van der Waals surface area contributed by atoms with E-state index in [4.69, 9.17) is 9.88 Å². The van der Waals surface area contributed by atoms with E-state index in [1.165, 1.54) is 18.9 Å². The standard InChI is InChI=1S/C17H19NO3S/c18-22(19,20)17-8-4-3-7-16(17)15-6-2-1-5-14(15)12-21-11-13-9-10-13/h1-8,13H,9-12H2,(H2,18,19,20). The van der Waals surface area contributed by atoms with Crippen LogP contribution in [-0.2, 0) is 21.4 Å². The first-order valence-corrected chi connectivity index (χ1v) is 8.88. The molecule has 0 saturated heterocycles. The topological polar surface area (TPSA) is 69.4 Å². The highest BCUT2D eigenvalue weighted by molar-refractivity contribution is 7.89. The Labute approximate surface area is 131 Å². The number of primary sulfonamides is 1. The van der Waals surface area contributed by atoms with E-state index >= 15 is 0 Å². The lowest BCUT2D eigenvalue weighted by Gasteiger charge is -2.13. The van der Waals surface area contributed by atoms with Gasteiger partial charge in [-0.25, -0.2) is 13.6 Å². The highest BCUT2D eigenvalue weighted by Gasteiger charge is 2.21. The first kappa shape index (κ1) is 15.2. The first-order valence-electron chi connectivity index (χ1n) is 7.33. The van der Waals surface area contributed by atoms with Gasteiger partial charge in [-0.1, -0.05) is 42.5 Å². The summed E-state index contributed by atoms with van der Waals surface area (Å²) in [7, 11) is -3.76. The van der Waals surface area contributed by atoms with Gasteiger partial charge in [-0.3, -0.25) is 0 Å². The van der Waals surface area contributed by atoms with Crippen molar-refractivity contribution in [2.24, 2.45) is 11.1 Å². The first-order chi connectivity index (χ1) is 10.6. The van der Waals surface area contributed by atoms with Crippen LogP contribution in [0.2, 0.25) is 0 Å². The van der Waals surface area contributed by atoms with Crippen molar-refractivity contribution in [1.29, 1.82) is 0 Å². The lowest BCUT2D eigenvalue weighted by atomic mass is 10.00. The molecule has 0 heterocycles. The zero-order valence-electron chi connectivity index (χ0n) is 12.2. The second-order valence-electron chi connectivity index (χ2n) is 5.66. The summed E-state index contributed by atoms with van der Waals surface area (Å²) >= 11 is 0. The molecule has 0 spiro atoms. The van der Waals surface area contributed by atoms with Crippen LogP contribution in [0.3, 0.4) is 0 Å². The maximum Gasteiger partial charge on any atom is 0.238 e. The number of hydrogen-bond acceptors (Lipinski definition) is 3. The fourth-order valence-electron chi connectivity index (χ4n) is 2.47. The number of nitrogens with two attached hydrogens (primary N) is 1. The molecule has 5 heteroatoms. The van der Waals surface area contributed by atoms with Gasteiger partial charge < -0.3 is 4.74 Å². The summed E-state index contributed by atoms with van der Waals surface area (Å²) in [6, 6.07) is 14.5. The molecule has 3 rings (SSSR count). The fourth-order valence-corrected chi connectivity index (χ4v) is 3.22. The average Bonchev–Trinajstić information content (AvgIpc) is 3.31. The van der Waals surface area contributed by atoms with Crippen LogP contribution in [0.4, 0.5) is 0 Å². The minimum Gasteiger partial charge on any atom is -0.376 e. The zero-order valence-corrected chi connectivity index (χ0v) is 13.1. The number of ether oxygens (including phenoxy) is 1. The van der Waals surface area contributed by atoms with E-state index in [1.54, 1.807) is 12.1 Å². The average molecular weight is 317 g/mol. The van der Waals surface area contributed by atoms with Crippen molar-refractivity contribution in [3.8, 4) is 11.1 Å². The summed E-state index contributed by atoms with van der Waals surface area (Å²) in [4.78, 5) is 0.143. The Morgan fingerprint density at radius 3 is 2.32 bits per heavy atom. The summed E-state index contributed by atoms with van der Waals surface area (Å²) in [5.74, 6) is 0.698. The summed E-state index contributed by atoms with van der Waals surface area (Å²) in [5.41, 5.74) is 2.44. The number of rotatable bonds is 6. The van der Waals surface area contributed by atoms with E-state index in [0.717, 1.165) is 17.7 Å². The second kappa shape index (κ2) is 6.20. The van der Waals surface area contributed by atoms with Gasteiger partial charge >= 0.3 is 0 Å². The van der Waals surface area contributed by atoms with E-state index in [1.807, 2.05) is 30.3 Å². The van der Waals surface area contributed by atoms with E-state index in [2.05, 4.69) is 0 Å². The summed E-state index contributed by atoms with van der Waals surface area (Å²) in [6.07, 6.45) is 2.49. The molecular formula is C17H19NO3S. The zero-order chi connectivity index (χ0) is 15.6. The van der Waals surface area contributed by atoms with E-state index in [0.29, 0.717) is 18.1 Å². The van der Waals surface area contributed by atoms with Crippen LogP contribution >= 0.6 is 0 Å². The van der Waals surface area contributed by atoms with E-state index in [-0.39, 0.29) is 4.90 Å². The monoisotopic (exact) mass is 317 g/mol. The van der Waals surface area contributed by atoms with Crippen molar-refractivity contribution in [2.45, 2.75) is 24.3 Å². The van der Waals surface area contributed by atoms with Crippen molar-refractivity contribution < 1.29 is 13.2 Å². The molecule has 116 valence electrons. The lowest BCUT2D eigenvalue weighted by molar-refractivity contribution is 0.111.